The zero-order chi connectivity index (χ0) is 14.8. The molecule has 112 valence electrons. The fourth-order valence-corrected chi connectivity index (χ4v) is 1.66. The molecule has 3 N–H and O–H groups in total. The topological polar surface area (TPSA) is 86.3 Å². The summed E-state index contributed by atoms with van der Waals surface area (Å²) in [6.45, 7) is 2.48. The molecule has 0 unspecified atom stereocenters. The Bertz CT molecular complexity index is 440. The first kappa shape index (κ1) is 16.7. The van der Waals surface area contributed by atoms with Crippen LogP contribution in [0.4, 0.5) is 0 Å². The molecule has 6 nitrogen and oxygen atoms in total. The summed E-state index contributed by atoms with van der Waals surface area (Å²) in [4.78, 5) is 0. The molecule has 0 aliphatic heterocycles. The lowest BCUT2D eigenvalue weighted by atomic mass is 10.1. The highest BCUT2D eigenvalue weighted by Gasteiger charge is 2.05. The lowest BCUT2D eigenvalue weighted by Crippen LogP contribution is -2.13. The molecular formula is C13H19ClN2O4. The molecule has 1 aromatic rings. The Morgan fingerprint density at radius 1 is 1.25 bits per heavy atom. The number of benzene rings is 1. The Labute approximate surface area is 123 Å². The molecule has 0 fully saturated rings. The minimum Gasteiger partial charge on any atom is -0.409 e. The third-order valence-electron chi connectivity index (χ3n) is 2.52. The van der Waals surface area contributed by atoms with E-state index in [1.807, 2.05) is 0 Å². The smallest absolute Gasteiger partial charge is 0.170 e. The number of amidine groups is 1. The van der Waals surface area contributed by atoms with Crippen molar-refractivity contribution in [3.63, 3.8) is 0 Å². The van der Waals surface area contributed by atoms with Crippen LogP contribution in [0.15, 0.2) is 23.4 Å². The number of methoxy groups -OCH3 is 1. The Balaban J connectivity index is 2.34. The van der Waals surface area contributed by atoms with E-state index in [1.54, 1.807) is 25.3 Å². The van der Waals surface area contributed by atoms with Gasteiger partial charge in [-0.05, 0) is 11.6 Å². The van der Waals surface area contributed by atoms with Gasteiger partial charge in [-0.15, -0.1) is 0 Å². The summed E-state index contributed by atoms with van der Waals surface area (Å²) in [7, 11) is 1.62. The third kappa shape index (κ3) is 5.75. The fraction of sp³-hybridized carbons (Fsp3) is 0.462. The third-order valence-corrected chi connectivity index (χ3v) is 2.87. The van der Waals surface area contributed by atoms with Crippen LogP contribution in [0.3, 0.4) is 0 Å². The minimum atomic E-state index is 0.0194. The van der Waals surface area contributed by atoms with Gasteiger partial charge < -0.3 is 25.2 Å². The van der Waals surface area contributed by atoms with E-state index in [0.717, 1.165) is 5.56 Å². The maximum absolute atomic E-state index is 8.58. The molecule has 0 aromatic heterocycles. The maximum Gasteiger partial charge on any atom is 0.170 e. The van der Waals surface area contributed by atoms with E-state index in [0.29, 0.717) is 43.6 Å². The van der Waals surface area contributed by atoms with Crippen molar-refractivity contribution < 1.29 is 19.4 Å². The van der Waals surface area contributed by atoms with Gasteiger partial charge in [-0.1, -0.05) is 28.9 Å². The van der Waals surface area contributed by atoms with Crippen LogP contribution in [0.2, 0.25) is 5.02 Å². The Morgan fingerprint density at radius 3 is 2.60 bits per heavy atom. The van der Waals surface area contributed by atoms with Gasteiger partial charge in [0, 0.05) is 17.7 Å². The van der Waals surface area contributed by atoms with Gasteiger partial charge in [0.15, 0.2) is 5.84 Å². The number of oxime groups is 1. The average molecular weight is 303 g/mol. The molecule has 20 heavy (non-hydrogen) atoms. The lowest BCUT2D eigenvalue weighted by Gasteiger charge is -2.08. The molecule has 0 amide bonds. The first-order valence-electron chi connectivity index (χ1n) is 6.09. The van der Waals surface area contributed by atoms with Crippen molar-refractivity contribution >= 4 is 17.4 Å². The first-order valence-corrected chi connectivity index (χ1v) is 6.47. The van der Waals surface area contributed by atoms with Crippen molar-refractivity contribution in [1.82, 2.24) is 0 Å². The summed E-state index contributed by atoms with van der Waals surface area (Å²) in [6.07, 6.45) is 0. The quantitative estimate of drug-likeness (QED) is 0.238. The number of hydrogen-bond acceptors (Lipinski definition) is 5. The molecule has 0 aliphatic rings. The van der Waals surface area contributed by atoms with Crippen molar-refractivity contribution in [2.45, 2.75) is 6.61 Å². The van der Waals surface area contributed by atoms with Gasteiger partial charge in [0.1, 0.15) is 0 Å². The highest BCUT2D eigenvalue weighted by molar-refractivity contribution is 6.31. The summed E-state index contributed by atoms with van der Waals surface area (Å²) in [5.74, 6) is 0.0194. The van der Waals surface area contributed by atoms with E-state index in [9.17, 15) is 0 Å². The van der Waals surface area contributed by atoms with Crippen molar-refractivity contribution in [3.05, 3.63) is 34.3 Å². The van der Waals surface area contributed by atoms with Crippen molar-refractivity contribution in [3.8, 4) is 0 Å². The zero-order valence-electron chi connectivity index (χ0n) is 11.3. The van der Waals surface area contributed by atoms with E-state index in [2.05, 4.69) is 5.16 Å². The molecule has 7 heteroatoms. The second kappa shape index (κ2) is 9.55. The van der Waals surface area contributed by atoms with E-state index >= 15 is 0 Å². The molecule has 1 rings (SSSR count). The highest BCUT2D eigenvalue weighted by Crippen LogP contribution is 2.18. The number of hydrogen-bond donors (Lipinski definition) is 2. The van der Waals surface area contributed by atoms with Crippen LogP contribution in [-0.4, -0.2) is 44.6 Å². The van der Waals surface area contributed by atoms with Crippen LogP contribution in [-0.2, 0) is 20.8 Å². The normalized spacial score (nSPS) is 11.8. The Hall–Kier alpha value is -1.34. The maximum atomic E-state index is 8.58. The van der Waals surface area contributed by atoms with E-state index in [1.165, 1.54) is 0 Å². The number of nitrogens with two attached hydrogens (primary N) is 1. The Kier molecular flexibility index (Phi) is 7.98. The van der Waals surface area contributed by atoms with Crippen LogP contribution in [0.5, 0.6) is 0 Å². The highest BCUT2D eigenvalue weighted by atomic mass is 35.5. The van der Waals surface area contributed by atoms with Gasteiger partial charge in [0.2, 0.25) is 0 Å². The van der Waals surface area contributed by atoms with E-state index < -0.39 is 0 Å². The van der Waals surface area contributed by atoms with E-state index in [-0.39, 0.29) is 5.84 Å². The number of rotatable bonds is 9. The van der Waals surface area contributed by atoms with Gasteiger partial charge in [0.05, 0.1) is 33.0 Å². The molecule has 0 aliphatic carbocycles. The van der Waals surface area contributed by atoms with E-state index in [4.69, 9.17) is 36.8 Å². The fourth-order valence-electron chi connectivity index (χ4n) is 1.43. The number of nitrogens with zero attached hydrogens (tertiary/aromatic N) is 1. The van der Waals surface area contributed by atoms with Gasteiger partial charge in [-0.2, -0.15) is 0 Å². The van der Waals surface area contributed by atoms with Crippen LogP contribution in [0.25, 0.3) is 0 Å². The van der Waals surface area contributed by atoms with Crippen molar-refractivity contribution in [2.24, 2.45) is 10.9 Å². The number of halogens is 1. The summed E-state index contributed by atoms with van der Waals surface area (Å²) in [5, 5.41) is 12.0. The molecule has 0 saturated carbocycles. The Morgan fingerprint density at radius 2 is 1.95 bits per heavy atom. The second-order valence-corrected chi connectivity index (χ2v) is 4.36. The number of ether oxygens (including phenoxy) is 3. The van der Waals surface area contributed by atoms with Gasteiger partial charge in [-0.3, -0.25) is 0 Å². The molecule has 1 aromatic carbocycles. The minimum absolute atomic E-state index is 0.0194. The first-order chi connectivity index (χ1) is 9.69. The lowest BCUT2D eigenvalue weighted by molar-refractivity contribution is 0.0200. The predicted octanol–water partition coefficient (Wildman–Crippen LogP) is 1.61. The monoisotopic (exact) mass is 302 g/mol. The van der Waals surface area contributed by atoms with Crippen LogP contribution in [0, 0.1) is 0 Å². The molecule has 0 spiro atoms. The molecule has 0 heterocycles. The van der Waals surface area contributed by atoms with Gasteiger partial charge >= 0.3 is 0 Å². The zero-order valence-corrected chi connectivity index (χ0v) is 12.1. The van der Waals surface area contributed by atoms with Crippen molar-refractivity contribution in [2.75, 3.05) is 33.5 Å². The van der Waals surface area contributed by atoms with Crippen LogP contribution in [0.1, 0.15) is 11.1 Å². The van der Waals surface area contributed by atoms with Crippen LogP contribution < -0.4 is 5.73 Å². The summed E-state index contributed by atoms with van der Waals surface area (Å²) >= 11 is 6.09. The second-order valence-electron chi connectivity index (χ2n) is 3.95. The van der Waals surface area contributed by atoms with Gasteiger partial charge in [-0.25, -0.2) is 0 Å². The predicted molar refractivity (Wildman–Crippen MR) is 76.3 cm³/mol. The van der Waals surface area contributed by atoms with Crippen molar-refractivity contribution in [1.29, 1.82) is 0 Å². The molecule has 0 saturated heterocycles. The molecular weight excluding hydrogens is 284 g/mol. The SMILES string of the molecule is COCCOCCOCc1ccc(/C(N)=N/O)cc1Cl. The summed E-state index contributed by atoms with van der Waals surface area (Å²) < 4.78 is 15.6. The summed E-state index contributed by atoms with van der Waals surface area (Å²) in [5.41, 5.74) is 6.87. The standard InChI is InChI=1S/C13H19ClN2O4/c1-18-4-5-19-6-7-20-9-11-3-2-10(8-12(11)14)13(15)16-17/h2-3,8,17H,4-7,9H2,1H3,(H2,15,16). The average Bonchev–Trinajstić information content (AvgIpc) is 2.46. The molecule has 0 atom stereocenters. The summed E-state index contributed by atoms with van der Waals surface area (Å²) in [6, 6.07) is 5.13. The largest absolute Gasteiger partial charge is 0.409 e. The van der Waals surface area contributed by atoms with Crippen LogP contribution >= 0.6 is 11.6 Å². The molecule has 0 radical (unpaired) electrons. The molecule has 0 bridgehead atoms. The van der Waals surface area contributed by atoms with Gasteiger partial charge in [0.25, 0.3) is 0 Å².